The summed E-state index contributed by atoms with van der Waals surface area (Å²) < 4.78 is 0. The van der Waals surface area contributed by atoms with Gasteiger partial charge in [0.2, 0.25) is 0 Å². The van der Waals surface area contributed by atoms with E-state index >= 15 is 0 Å². The summed E-state index contributed by atoms with van der Waals surface area (Å²) in [6, 6.07) is 0. The van der Waals surface area contributed by atoms with Gasteiger partial charge in [-0.2, -0.15) is 0 Å². The summed E-state index contributed by atoms with van der Waals surface area (Å²) in [6.45, 7) is 5.39. The summed E-state index contributed by atoms with van der Waals surface area (Å²) in [5, 5.41) is 4.66. The van der Waals surface area contributed by atoms with Crippen LogP contribution in [0.3, 0.4) is 0 Å². The monoisotopic (exact) mass is 222 g/mol. The number of nitrogens with one attached hydrogen (secondary N) is 1. The number of rotatable bonds is 4. The lowest BCUT2D eigenvalue weighted by Crippen LogP contribution is -2.17. The molecule has 0 aliphatic heterocycles. The van der Waals surface area contributed by atoms with Crippen LogP contribution in [0.25, 0.3) is 0 Å². The Labute approximate surface area is 95.1 Å². The van der Waals surface area contributed by atoms with Crippen LogP contribution >= 0.6 is 11.3 Å². The normalized spacial score (nSPS) is 22.8. The van der Waals surface area contributed by atoms with E-state index in [1.807, 2.05) is 0 Å². The van der Waals surface area contributed by atoms with Crippen LogP contribution in [0, 0.1) is 25.2 Å². The maximum Gasteiger partial charge on any atom is 0.183 e. The molecule has 0 saturated heterocycles. The summed E-state index contributed by atoms with van der Waals surface area (Å²) in [7, 11) is 0. The third kappa shape index (κ3) is 1.78. The lowest BCUT2D eigenvalue weighted by atomic mass is 10.0. The van der Waals surface area contributed by atoms with Crippen molar-refractivity contribution in [3.8, 4) is 0 Å². The first-order chi connectivity index (χ1) is 7.20. The van der Waals surface area contributed by atoms with Crippen molar-refractivity contribution in [1.29, 1.82) is 0 Å². The SMILES string of the molecule is Cc1nc(NCC2(C3CC3)CC2)sc1C. The average Bonchev–Trinajstić information content (AvgIpc) is 3.07. The van der Waals surface area contributed by atoms with Crippen LogP contribution in [-0.4, -0.2) is 11.5 Å². The summed E-state index contributed by atoms with van der Waals surface area (Å²) >= 11 is 1.79. The Kier molecular flexibility index (Phi) is 2.06. The van der Waals surface area contributed by atoms with Crippen molar-refractivity contribution in [2.45, 2.75) is 39.5 Å². The minimum atomic E-state index is 0.674. The first-order valence-electron chi connectivity index (χ1n) is 5.87. The molecule has 82 valence electrons. The van der Waals surface area contributed by atoms with E-state index in [4.69, 9.17) is 0 Å². The van der Waals surface area contributed by atoms with Crippen LogP contribution < -0.4 is 5.32 Å². The maximum absolute atomic E-state index is 4.53. The van der Waals surface area contributed by atoms with E-state index in [1.54, 1.807) is 11.3 Å². The van der Waals surface area contributed by atoms with Crippen LogP contribution in [0.15, 0.2) is 0 Å². The number of thiazole rings is 1. The van der Waals surface area contributed by atoms with Crippen molar-refractivity contribution in [3.05, 3.63) is 10.6 Å². The average molecular weight is 222 g/mol. The molecular formula is C12H18N2S. The zero-order chi connectivity index (χ0) is 10.5. The molecule has 0 aromatic carbocycles. The van der Waals surface area contributed by atoms with Crippen LogP contribution in [0.5, 0.6) is 0 Å². The molecule has 0 bridgehead atoms. The molecule has 3 heteroatoms. The highest BCUT2D eigenvalue weighted by Gasteiger charge is 2.53. The molecule has 15 heavy (non-hydrogen) atoms. The van der Waals surface area contributed by atoms with Crippen LogP contribution in [0.4, 0.5) is 5.13 Å². The minimum absolute atomic E-state index is 0.674. The number of anilines is 1. The lowest BCUT2D eigenvalue weighted by molar-refractivity contribution is 0.467. The maximum atomic E-state index is 4.53. The second-order valence-corrected chi connectivity index (χ2v) is 6.35. The molecule has 0 amide bonds. The molecule has 2 nitrogen and oxygen atoms in total. The highest BCUT2D eigenvalue weighted by molar-refractivity contribution is 7.15. The topological polar surface area (TPSA) is 24.9 Å². The van der Waals surface area contributed by atoms with Gasteiger partial charge in [-0.1, -0.05) is 0 Å². The summed E-state index contributed by atoms with van der Waals surface area (Å²) in [5.41, 5.74) is 1.85. The molecule has 2 fully saturated rings. The van der Waals surface area contributed by atoms with Crippen molar-refractivity contribution in [2.24, 2.45) is 11.3 Å². The van der Waals surface area contributed by atoms with Gasteiger partial charge in [0.15, 0.2) is 5.13 Å². The first kappa shape index (κ1) is 9.64. The van der Waals surface area contributed by atoms with E-state index < -0.39 is 0 Å². The Balaban J connectivity index is 1.61. The van der Waals surface area contributed by atoms with Crippen molar-refractivity contribution >= 4 is 16.5 Å². The lowest BCUT2D eigenvalue weighted by Gasteiger charge is -2.13. The second kappa shape index (κ2) is 3.21. The number of aromatic nitrogens is 1. The minimum Gasteiger partial charge on any atom is -0.361 e. The third-order valence-corrected chi connectivity index (χ3v) is 4.99. The fraction of sp³-hybridized carbons (Fsp3) is 0.750. The van der Waals surface area contributed by atoms with E-state index in [2.05, 4.69) is 24.1 Å². The fourth-order valence-corrected chi connectivity index (χ4v) is 3.20. The van der Waals surface area contributed by atoms with Gasteiger partial charge >= 0.3 is 0 Å². The molecule has 2 aliphatic rings. The molecule has 2 saturated carbocycles. The fourth-order valence-electron chi connectivity index (χ4n) is 2.39. The highest BCUT2D eigenvalue weighted by atomic mass is 32.1. The summed E-state index contributed by atoms with van der Waals surface area (Å²) in [4.78, 5) is 5.87. The Hall–Kier alpha value is -0.570. The van der Waals surface area contributed by atoms with Crippen LogP contribution in [0.1, 0.15) is 36.3 Å². The predicted molar refractivity (Wildman–Crippen MR) is 64.5 cm³/mol. The molecule has 0 radical (unpaired) electrons. The summed E-state index contributed by atoms with van der Waals surface area (Å²) in [6.07, 6.45) is 5.82. The molecule has 1 aromatic rings. The quantitative estimate of drug-likeness (QED) is 0.845. The van der Waals surface area contributed by atoms with Crippen molar-refractivity contribution < 1.29 is 0 Å². The Morgan fingerprint density at radius 2 is 2.13 bits per heavy atom. The van der Waals surface area contributed by atoms with Gasteiger partial charge in [-0.3, -0.25) is 0 Å². The Bertz CT molecular complexity index is 355. The predicted octanol–water partition coefficient (Wildman–Crippen LogP) is 3.36. The van der Waals surface area contributed by atoms with Gasteiger partial charge in [0, 0.05) is 11.4 Å². The van der Waals surface area contributed by atoms with E-state index in [1.165, 1.54) is 36.3 Å². The van der Waals surface area contributed by atoms with Crippen LogP contribution in [0.2, 0.25) is 0 Å². The van der Waals surface area contributed by atoms with E-state index in [9.17, 15) is 0 Å². The largest absolute Gasteiger partial charge is 0.361 e. The number of hydrogen-bond acceptors (Lipinski definition) is 3. The van der Waals surface area contributed by atoms with Gasteiger partial charge in [-0.05, 0) is 50.9 Å². The van der Waals surface area contributed by atoms with Gasteiger partial charge in [0.1, 0.15) is 0 Å². The molecule has 1 N–H and O–H groups in total. The van der Waals surface area contributed by atoms with Crippen molar-refractivity contribution in [3.63, 3.8) is 0 Å². The zero-order valence-corrected chi connectivity index (χ0v) is 10.3. The molecule has 1 heterocycles. The van der Waals surface area contributed by atoms with Gasteiger partial charge in [-0.15, -0.1) is 11.3 Å². The van der Waals surface area contributed by atoms with Crippen molar-refractivity contribution in [2.75, 3.05) is 11.9 Å². The number of aryl methyl sites for hydroxylation is 2. The third-order valence-electron chi connectivity index (χ3n) is 3.96. The van der Waals surface area contributed by atoms with Crippen LogP contribution in [-0.2, 0) is 0 Å². The molecule has 3 rings (SSSR count). The Morgan fingerprint density at radius 1 is 1.40 bits per heavy atom. The molecular weight excluding hydrogens is 204 g/mol. The first-order valence-corrected chi connectivity index (χ1v) is 6.69. The molecule has 0 spiro atoms. The second-order valence-electron chi connectivity index (χ2n) is 5.15. The van der Waals surface area contributed by atoms with E-state index in [-0.39, 0.29) is 0 Å². The Morgan fingerprint density at radius 3 is 2.60 bits per heavy atom. The number of nitrogens with zero attached hydrogens (tertiary/aromatic N) is 1. The highest BCUT2D eigenvalue weighted by Crippen LogP contribution is 2.61. The molecule has 0 unspecified atom stereocenters. The van der Waals surface area contributed by atoms with Gasteiger partial charge < -0.3 is 5.32 Å². The zero-order valence-electron chi connectivity index (χ0n) is 9.47. The molecule has 0 atom stereocenters. The molecule has 2 aliphatic carbocycles. The van der Waals surface area contributed by atoms with E-state index in [0.717, 1.165) is 17.6 Å². The van der Waals surface area contributed by atoms with Gasteiger partial charge in [0.05, 0.1) is 5.69 Å². The molecule has 1 aromatic heterocycles. The van der Waals surface area contributed by atoms with Crippen molar-refractivity contribution in [1.82, 2.24) is 4.98 Å². The van der Waals surface area contributed by atoms with Gasteiger partial charge in [-0.25, -0.2) is 4.98 Å². The summed E-state index contributed by atoms with van der Waals surface area (Å²) in [5.74, 6) is 1.03. The van der Waals surface area contributed by atoms with E-state index in [0.29, 0.717) is 5.41 Å². The number of hydrogen-bond donors (Lipinski definition) is 1. The standard InChI is InChI=1S/C12H18N2S/c1-8-9(2)15-11(14-8)13-7-12(5-6-12)10-3-4-10/h10H,3-7H2,1-2H3,(H,13,14). The van der Waals surface area contributed by atoms with Gasteiger partial charge in [0.25, 0.3) is 0 Å². The smallest absolute Gasteiger partial charge is 0.183 e.